The molecule has 0 radical (unpaired) electrons. The highest BCUT2D eigenvalue weighted by Crippen LogP contribution is 2.52. The van der Waals surface area contributed by atoms with E-state index in [1.54, 1.807) is 30.3 Å². The van der Waals surface area contributed by atoms with Crippen molar-refractivity contribution in [2.45, 2.75) is 30.0 Å². The summed E-state index contributed by atoms with van der Waals surface area (Å²) < 4.78 is 0. The molecule has 3 heterocycles. The predicted octanol–water partition coefficient (Wildman–Crippen LogP) is 3.87. The summed E-state index contributed by atoms with van der Waals surface area (Å²) in [6.07, 6.45) is 2.12. The van der Waals surface area contributed by atoms with E-state index in [-0.39, 0.29) is 17.0 Å². The smallest absolute Gasteiger partial charge is 0.269 e. The number of aromatic nitrogens is 1. The molecule has 3 N–H and O–H groups in total. The van der Waals surface area contributed by atoms with Gasteiger partial charge in [-0.3, -0.25) is 30.3 Å². The molecule has 36 heavy (non-hydrogen) atoms. The van der Waals surface area contributed by atoms with E-state index in [9.17, 15) is 25.0 Å². The molecule has 4 aromatic rings. The van der Waals surface area contributed by atoms with Crippen molar-refractivity contribution in [1.82, 2.24) is 10.3 Å². The van der Waals surface area contributed by atoms with Gasteiger partial charge in [0, 0.05) is 45.4 Å². The standard InChI is InChI=1S/C26H21N5O5/c32-25-26(19-9-2-4-11-21(19)28-25)23(15-6-5-7-17(12-15)30(33)34)24(31(35)36)22(29-26)13-16-14-27-20-10-3-1-8-18(16)20/h1-12,14,22-24,27,29H,13H2,(H,28,32)/t22-,23+,24-,26+/m1/s1. The Morgan fingerprint density at radius 1 is 0.944 bits per heavy atom. The van der Waals surface area contributed by atoms with Gasteiger partial charge in [-0.1, -0.05) is 48.5 Å². The Kier molecular flexibility index (Phi) is 4.87. The first-order chi connectivity index (χ1) is 17.4. The van der Waals surface area contributed by atoms with Crippen molar-refractivity contribution in [2.24, 2.45) is 0 Å². The number of nitro groups is 2. The molecule has 0 saturated carbocycles. The molecule has 1 aromatic heterocycles. The largest absolute Gasteiger partial charge is 0.361 e. The number of nitrogens with one attached hydrogen (secondary N) is 3. The molecule has 0 unspecified atom stereocenters. The van der Waals surface area contributed by atoms with E-state index in [1.807, 2.05) is 30.5 Å². The third-order valence-corrected chi connectivity index (χ3v) is 7.39. The molecule has 180 valence electrons. The molecule has 0 bridgehead atoms. The number of para-hydroxylation sites is 2. The molecule has 1 saturated heterocycles. The molecule has 1 spiro atoms. The minimum atomic E-state index is -1.46. The number of non-ortho nitro benzene ring substituents is 1. The molecule has 10 heteroatoms. The van der Waals surface area contributed by atoms with Crippen LogP contribution in [0.1, 0.15) is 22.6 Å². The molecule has 4 atom stereocenters. The zero-order valence-electron chi connectivity index (χ0n) is 18.9. The Balaban J connectivity index is 1.54. The van der Waals surface area contributed by atoms with Crippen molar-refractivity contribution < 1.29 is 14.6 Å². The van der Waals surface area contributed by atoms with Crippen LogP contribution in [-0.4, -0.2) is 32.8 Å². The van der Waals surface area contributed by atoms with Gasteiger partial charge in [-0.15, -0.1) is 0 Å². The number of benzene rings is 3. The molecule has 1 amide bonds. The van der Waals surface area contributed by atoms with Crippen LogP contribution in [0.4, 0.5) is 11.4 Å². The lowest BCUT2D eigenvalue weighted by atomic mass is 9.74. The summed E-state index contributed by atoms with van der Waals surface area (Å²) in [5, 5.41) is 31.4. The molecule has 2 aliphatic heterocycles. The van der Waals surface area contributed by atoms with Crippen LogP contribution in [0.15, 0.2) is 79.0 Å². The number of anilines is 1. The van der Waals surface area contributed by atoms with Crippen LogP contribution in [0, 0.1) is 20.2 Å². The quantitative estimate of drug-likeness (QED) is 0.290. The number of nitro benzene ring substituents is 1. The fourth-order valence-corrected chi connectivity index (χ4v) is 5.94. The van der Waals surface area contributed by atoms with E-state index in [0.717, 1.165) is 16.5 Å². The van der Waals surface area contributed by atoms with Crippen molar-refractivity contribution in [2.75, 3.05) is 5.32 Å². The molecular weight excluding hydrogens is 462 g/mol. The summed E-state index contributed by atoms with van der Waals surface area (Å²) in [4.78, 5) is 40.1. The molecule has 6 rings (SSSR count). The van der Waals surface area contributed by atoms with Crippen molar-refractivity contribution in [3.8, 4) is 0 Å². The lowest BCUT2D eigenvalue weighted by Gasteiger charge is -2.29. The SMILES string of the molecule is O=C1Nc2ccccc2[C@@]12N[C@H](Cc1c[nH]c3ccccc13)[C@@H]([N+](=O)[O-])[C@@H]2c1cccc([N+](=O)[O-])c1. The van der Waals surface area contributed by atoms with Gasteiger partial charge in [0.25, 0.3) is 5.69 Å². The lowest BCUT2D eigenvalue weighted by Crippen LogP contribution is -2.49. The first-order valence-electron chi connectivity index (χ1n) is 11.5. The maximum absolute atomic E-state index is 13.7. The topological polar surface area (TPSA) is 143 Å². The minimum Gasteiger partial charge on any atom is -0.361 e. The number of aromatic amines is 1. The van der Waals surface area contributed by atoms with Crippen LogP contribution in [0.3, 0.4) is 0 Å². The summed E-state index contributed by atoms with van der Waals surface area (Å²) in [6, 6.07) is 18.6. The van der Waals surface area contributed by atoms with Gasteiger partial charge in [-0.05, 0) is 29.7 Å². The normalized spacial score (nSPS) is 24.7. The van der Waals surface area contributed by atoms with Gasteiger partial charge < -0.3 is 10.3 Å². The van der Waals surface area contributed by atoms with Gasteiger partial charge in [0.05, 0.1) is 16.9 Å². The minimum absolute atomic E-state index is 0.184. The number of nitrogens with zero attached hydrogens (tertiary/aromatic N) is 2. The molecule has 10 nitrogen and oxygen atoms in total. The second kappa shape index (κ2) is 7.99. The first kappa shape index (κ1) is 21.9. The van der Waals surface area contributed by atoms with Crippen LogP contribution in [0.25, 0.3) is 10.9 Å². The van der Waals surface area contributed by atoms with Gasteiger partial charge in [0.2, 0.25) is 11.9 Å². The average Bonchev–Trinajstić information content (AvgIpc) is 3.52. The van der Waals surface area contributed by atoms with Crippen LogP contribution >= 0.6 is 0 Å². The Labute approximate surface area is 204 Å². The highest BCUT2D eigenvalue weighted by atomic mass is 16.6. The van der Waals surface area contributed by atoms with E-state index in [2.05, 4.69) is 15.6 Å². The van der Waals surface area contributed by atoms with Gasteiger partial charge >= 0.3 is 0 Å². The van der Waals surface area contributed by atoms with E-state index in [1.165, 1.54) is 18.2 Å². The third kappa shape index (κ3) is 3.11. The number of hydrogen-bond acceptors (Lipinski definition) is 6. The van der Waals surface area contributed by atoms with Crippen molar-refractivity contribution in [1.29, 1.82) is 0 Å². The maximum Gasteiger partial charge on any atom is 0.269 e. The molecule has 2 aliphatic rings. The van der Waals surface area contributed by atoms with Crippen molar-refractivity contribution in [3.63, 3.8) is 0 Å². The second-order valence-corrected chi connectivity index (χ2v) is 9.23. The Morgan fingerprint density at radius 2 is 1.72 bits per heavy atom. The highest BCUT2D eigenvalue weighted by Gasteiger charge is 2.66. The zero-order valence-corrected chi connectivity index (χ0v) is 18.9. The maximum atomic E-state index is 13.7. The second-order valence-electron chi connectivity index (χ2n) is 9.23. The number of amides is 1. The average molecular weight is 483 g/mol. The van der Waals surface area contributed by atoms with E-state index in [0.29, 0.717) is 16.8 Å². The van der Waals surface area contributed by atoms with Gasteiger partial charge in [0.15, 0.2) is 0 Å². The van der Waals surface area contributed by atoms with E-state index >= 15 is 0 Å². The van der Waals surface area contributed by atoms with Crippen molar-refractivity contribution in [3.05, 3.63) is 116 Å². The number of fused-ring (bicyclic) bond motifs is 3. The number of hydrogen-bond donors (Lipinski definition) is 3. The predicted molar refractivity (Wildman–Crippen MR) is 132 cm³/mol. The highest BCUT2D eigenvalue weighted by molar-refractivity contribution is 6.07. The van der Waals surface area contributed by atoms with Crippen LogP contribution < -0.4 is 10.6 Å². The van der Waals surface area contributed by atoms with Crippen LogP contribution in [-0.2, 0) is 16.8 Å². The molecule has 3 aromatic carbocycles. The molecule has 0 aliphatic carbocycles. The molecule has 1 fully saturated rings. The summed E-state index contributed by atoms with van der Waals surface area (Å²) in [7, 11) is 0. The number of carbonyl (C=O) groups is 1. The Hall–Kier alpha value is -4.57. The molecular formula is C26H21N5O5. The Morgan fingerprint density at radius 3 is 2.53 bits per heavy atom. The summed E-state index contributed by atoms with van der Waals surface area (Å²) in [6.45, 7) is 0. The van der Waals surface area contributed by atoms with Crippen LogP contribution in [0.2, 0.25) is 0 Å². The van der Waals surface area contributed by atoms with Gasteiger partial charge in [-0.25, -0.2) is 0 Å². The number of carbonyl (C=O) groups excluding carboxylic acids is 1. The lowest BCUT2D eigenvalue weighted by molar-refractivity contribution is -0.526. The third-order valence-electron chi connectivity index (χ3n) is 7.39. The fraction of sp³-hybridized carbons (Fsp3) is 0.192. The van der Waals surface area contributed by atoms with Crippen LogP contribution in [0.5, 0.6) is 0 Å². The van der Waals surface area contributed by atoms with Crippen molar-refractivity contribution >= 4 is 28.2 Å². The number of rotatable bonds is 5. The fourth-order valence-electron chi connectivity index (χ4n) is 5.94. The Bertz CT molecular complexity index is 1550. The first-order valence-corrected chi connectivity index (χ1v) is 11.5. The summed E-state index contributed by atoms with van der Waals surface area (Å²) >= 11 is 0. The van der Waals surface area contributed by atoms with Gasteiger partial charge in [0.1, 0.15) is 5.54 Å². The van der Waals surface area contributed by atoms with E-state index < -0.39 is 34.4 Å². The zero-order chi connectivity index (χ0) is 25.0. The summed E-state index contributed by atoms with van der Waals surface area (Å²) in [5.74, 6) is -1.39. The van der Waals surface area contributed by atoms with Gasteiger partial charge in [-0.2, -0.15) is 0 Å². The number of H-pyrrole nitrogens is 1. The van der Waals surface area contributed by atoms with E-state index in [4.69, 9.17) is 0 Å². The monoisotopic (exact) mass is 483 g/mol. The summed E-state index contributed by atoms with van der Waals surface area (Å²) in [5.41, 5.74) is 1.69.